The number of tetrazole rings is 1. The molecule has 1 N–H and O–H groups in total. The lowest BCUT2D eigenvalue weighted by Gasteiger charge is -2.30. The van der Waals surface area contributed by atoms with Gasteiger partial charge in [-0.05, 0) is 55.3 Å². The number of aromatic amines is 1. The molecule has 0 unspecified atom stereocenters. The van der Waals surface area contributed by atoms with Crippen molar-refractivity contribution < 1.29 is 0 Å². The summed E-state index contributed by atoms with van der Waals surface area (Å²) in [5, 5.41) is 19.3. The van der Waals surface area contributed by atoms with Crippen molar-refractivity contribution in [3.05, 3.63) is 23.8 Å². The zero-order valence-corrected chi connectivity index (χ0v) is 11.4. The molecule has 7 heteroatoms. The molecule has 2 aromatic rings. The van der Waals surface area contributed by atoms with Gasteiger partial charge < -0.3 is 0 Å². The molecule has 3 heterocycles. The number of rotatable bonds is 4. The van der Waals surface area contributed by atoms with Gasteiger partial charge in [0.05, 0.1) is 12.6 Å². The second-order valence-corrected chi connectivity index (χ2v) is 5.83. The van der Waals surface area contributed by atoms with Gasteiger partial charge >= 0.3 is 0 Å². The Hall–Kier alpha value is -1.76. The molecule has 0 radical (unpaired) electrons. The molecule has 0 aromatic carbocycles. The van der Waals surface area contributed by atoms with Crippen LogP contribution in [0.4, 0.5) is 0 Å². The van der Waals surface area contributed by atoms with Gasteiger partial charge in [-0.3, -0.25) is 10.00 Å². The summed E-state index contributed by atoms with van der Waals surface area (Å²) < 4.78 is 2.01. The van der Waals surface area contributed by atoms with E-state index in [2.05, 4.69) is 36.7 Å². The Morgan fingerprint density at radius 3 is 2.75 bits per heavy atom. The fourth-order valence-corrected chi connectivity index (χ4v) is 3.02. The molecule has 1 saturated heterocycles. The number of hydrogen-bond acceptors (Lipinski definition) is 5. The number of piperidine rings is 1. The molecule has 4 rings (SSSR count). The van der Waals surface area contributed by atoms with Crippen LogP contribution < -0.4 is 0 Å². The van der Waals surface area contributed by atoms with Crippen LogP contribution in [-0.2, 0) is 6.54 Å². The molecule has 2 aromatic heterocycles. The zero-order chi connectivity index (χ0) is 13.4. The molecule has 1 aliphatic carbocycles. The monoisotopic (exact) mass is 273 g/mol. The van der Waals surface area contributed by atoms with Crippen molar-refractivity contribution in [1.29, 1.82) is 0 Å². The Balaban J connectivity index is 1.36. The molecule has 2 aliphatic rings. The summed E-state index contributed by atoms with van der Waals surface area (Å²) in [6.07, 6.45) is 6.63. The molecule has 0 amide bonds. The topological polar surface area (TPSA) is 75.5 Å². The summed E-state index contributed by atoms with van der Waals surface area (Å²) >= 11 is 0. The highest BCUT2D eigenvalue weighted by Crippen LogP contribution is 2.35. The third kappa shape index (κ3) is 2.33. The largest absolute Gasteiger partial charge is 0.296 e. The lowest BCUT2D eigenvalue weighted by molar-refractivity contribution is 0.195. The fourth-order valence-electron chi connectivity index (χ4n) is 3.02. The highest BCUT2D eigenvalue weighted by atomic mass is 15.6. The lowest BCUT2D eigenvalue weighted by Crippen LogP contribution is -2.33. The third-order valence-electron chi connectivity index (χ3n) is 4.37. The number of hydrogen-bond donors (Lipinski definition) is 1. The Kier molecular flexibility index (Phi) is 2.99. The van der Waals surface area contributed by atoms with E-state index in [0.717, 1.165) is 25.5 Å². The summed E-state index contributed by atoms with van der Waals surface area (Å²) in [5.41, 5.74) is 1.27. The minimum absolute atomic E-state index is 0.558. The molecule has 1 saturated carbocycles. The quantitative estimate of drug-likeness (QED) is 0.903. The normalized spacial score (nSPS) is 21.4. The van der Waals surface area contributed by atoms with Crippen LogP contribution in [0.5, 0.6) is 0 Å². The first-order valence-electron chi connectivity index (χ1n) is 7.38. The van der Waals surface area contributed by atoms with E-state index >= 15 is 0 Å². The maximum absolute atomic E-state index is 4.18. The van der Waals surface area contributed by atoms with Crippen molar-refractivity contribution in [2.24, 2.45) is 0 Å². The van der Waals surface area contributed by atoms with Crippen molar-refractivity contribution in [1.82, 2.24) is 35.3 Å². The average Bonchev–Trinajstić information content (AvgIpc) is 3.00. The minimum Gasteiger partial charge on any atom is -0.296 e. The van der Waals surface area contributed by atoms with Crippen LogP contribution in [0.1, 0.15) is 49.2 Å². The minimum atomic E-state index is 0.558. The summed E-state index contributed by atoms with van der Waals surface area (Å²) in [6.45, 7) is 3.07. The van der Waals surface area contributed by atoms with Crippen molar-refractivity contribution in [2.75, 3.05) is 13.1 Å². The van der Waals surface area contributed by atoms with Gasteiger partial charge in [0.15, 0.2) is 5.82 Å². The van der Waals surface area contributed by atoms with Gasteiger partial charge in [-0.2, -0.15) is 5.10 Å². The van der Waals surface area contributed by atoms with Crippen LogP contribution >= 0.6 is 0 Å². The van der Waals surface area contributed by atoms with E-state index in [9.17, 15) is 0 Å². The predicted octanol–water partition coefficient (Wildman–Crippen LogP) is 1.11. The SMILES string of the molecule is c1cc(C2CCN(Cc3nnnn3C3CC3)CC2)[nH]n1. The average molecular weight is 273 g/mol. The standard InChI is InChI=1S/C13H19N7/c1-2-11(1)20-13(16-17-18-20)9-19-7-4-10(5-8-19)12-3-6-14-15-12/h3,6,10-11H,1-2,4-5,7-9H2,(H,14,15). The maximum Gasteiger partial charge on any atom is 0.165 e. The highest BCUT2D eigenvalue weighted by Gasteiger charge is 2.29. The predicted molar refractivity (Wildman–Crippen MR) is 71.9 cm³/mol. The van der Waals surface area contributed by atoms with E-state index < -0.39 is 0 Å². The number of likely N-dealkylation sites (tertiary alicyclic amines) is 1. The van der Waals surface area contributed by atoms with Gasteiger partial charge in [0.2, 0.25) is 0 Å². The van der Waals surface area contributed by atoms with E-state index in [4.69, 9.17) is 0 Å². The van der Waals surface area contributed by atoms with Crippen LogP contribution in [0, 0.1) is 0 Å². The zero-order valence-electron chi connectivity index (χ0n) is 11.4. The van der Waals surface area contributed by atoms with Crippen LogP contribution in [0.15, 0.2) is 12.3 Å². The molecule has 0 atom stereocenters. The second-order valence-electron chi connectivity index (χ2n) is 5.83. The maximum atomic E-state index is 4.18. The second kappa shape index (κ2) is 4.97. The van der Waals surface area contributed by atoms with Crippen LogP contribution in [0.25, 0.3) is 0 Å². The van der Waals surface area contributed by atoms with Crippen molar-refractivity contribution in [3.63, 3.8) is 0 Å². The molecule has 2 fully saturated rings. The summed E-state index contributed by atoms with van der Waals surface area (Å²) in [4.78, 5) is 2.46. The Bertz CT molecular complexity index is 549. The first kappa shape index (κ1) is 12.0. The molecule has 1 aliphatic heterocycles. The smallest absolute Gasteiger partial charge is 0.165 e. The van der Waals surface area contributed by atoms with E-state index in [-0.39, 0.29) is 0 Å². The van der Waals surface area contributed by atoms with Gasteiger partial charge in [0, 0.05) is 17.8 Å². The van der Waals surface area contributed by atoms with Crippen LogP contribution in [0.2, 0.25) is 0 Å². The van der Waals surface area contributed by atoms with Crippen LogP contribution in [0.3, 0.4) is 0 Å². The van der Waals surface area contributed by atoms with E-state index in [1.165, 1.54) is 31.4 Å². The molecule has 0 bridgehead atoms. The van der Waals surface area contributed by atoms with E-state index in [1.807, 2.05) is 10.9 Å². The van der Waals surface area contributed by atoms with Crippen molar-refractivity contribution >= 4 is 0 Å². The van der Waals surface area contributed by atoms with E-state index in [0.29, 0.717) is 12.0 Å². The number of H-pyrrole nitrogens is 1. The first-order chi connectivity index (χ1) is 9.90. The molecule has 20 heavy (non-hydrogen) atoms. The Morgan fingerprint density at radius 1 is 1.20 bits per heavy atom. The van der Waals surface area contributed by atoms with Crippen molar-refractivity contribution in [3.8, 4) is 0 Å². The van der Waals surface area contributed by atoms with Gasteiger partial charge in [0.1, 0.15) is 0 Å². The van der Waals surface area contributed by atoms with Gasteiger partial charge in [-0.15, -0.1) is 5.10 Å². The van der Waals surface area contributed by atoms with Crippen LogP contribution in [-0.4, -0.2) is 48.4 Å². The summed E-state index contributed by atoms with van der Waals surface area (Å²) in [6, 6.07) is 2.65. The lowest BCUT2D eigenvalue weighted by atomic mass is 9.94. The number of aromatic nitrogens is 6. The molecule has 7 nitrogen and oxygen atoms in total. The Morgan fingerprint density at radius 2 is 2.05 bits per heavy atom. The number of nitrogens with one attached hydrogen (secondary N) is 1. The summed E-state index contributed by atoms with van der Waals surface area (Å²) in [7, 11) is 0. The summed E-state index contributed by atoms with van der Waals surface area (Å²) in [5.74, 6) is 1.64. The van der Waals surface area contributed by atoms with Crippen molar-refractivity contribution in [2.45, 2.75) is 44.2 Å². The molecular weight excluding hydrogens is 254 g/mol. The molecule has 0 spiro atoms. The van der Waals surface area contributed by atoms with Gasteiger partial charge in [0.25, 0.3) is 0 Å². The number of nitrogens with zero attached hydrogens (tertiary/aromatic N) is 6. The van der Waals surface area contributed by atoms with Gasteiger partial charge in [-0.1, -0.05) is 0 Å². The highest BCUT2D eigenvalue weighted by molar-refractivity contribution is 5.07. The first-order valence-corrected chi connectivity index (χ1v) is 7.38. The van der Waals surface area contributed by atoms with Gasteiger partial charge in [-0.25, -0.2) is 4.68 Å². The molecular formula is C13H19N7. The molecule has 106 valence electrons. The van der Waals surface area contributed by atoms with E-state index in [1.54, 1.807) is 0 Å². The Labute approximate surface area is 117 Å². The third-order valence-corrected chi connectivity index (χ3v) is 4.37. The fraction of sp³-hybridized carbons (Fsp3) is 0.692.